The van der Waals surface area contributed by atoms with E-state index in [4.69, 9.17) is 0 Å². The standard InChI is InChI=1S/C68H55N/c1-67(2)60-25-15-16-26-64(60)69-65-40-35-50(44-27-31-48(32-28-44)54-38-36-52(46-17-7-5-8-18-46)56-21-11-13-23-58(54)56)41-61(65)68(3,4)63-43-51(42-62(67)66(63)69)45-29-33-49(34-30-45)55-39-37-53(47-19-9-6-10-20-47)57-22-12-14-24-59(55)57/h5-17,19-35,37,39-43,46H,18,36,38H2,1-4H3. The van der Waals surface area contributed by atoms with Crippen LogP contribution < -0.4 is 15.3 Å². The third-order valence-electron chi connectivity index (χ3n) is 16.2. The highest BCUT2D eigenvalue weighted by Gasteiger charge is 2.46. The van der Waals surface area contributed by atoms with Crippen LogP contribution in [0.1, 0.15) is 74.8 Å². The van der Waals surface area contributed by atoms with Gasteiger partial charge in [0.05, 0.1) is 17.1 Å². The Labute approximate surface area is 406 Å². The van der Waals surface area contributed by atoms with Crippen LogP contribution in [0.15, 0.2) is 218 Å². The Bertz CT molecular complexity index is 3730. The van der Waals surface area contributed by atoms with E-state index in [2.05, 4.69) is 251 Å². The van der Waals surface area contributed by atoms with E-state index in [9.17, 15) is 0 Å². The van der Waals surface area contributed by atoms with Crippen LogP contribution >= 0.6 is 0 Å². The van der Waals surface area contributed by atoms with Gasteiger partial charge in [-0.15, -0.1) is 0 Å². The van der Waals surface area contributed by atoms with Crippen LogP contribution in [0, 0.1) is 5.92 Å². The highest BCUT2D eigenvalue weighted by molar-refractivity contribution is 6.05. The number of fused-ring (bicyclic) bond motifs is 6. The van der Waals surface area contributed by atoms with Gasteiger partial charge in [-0.2, -0.15) is 0 Å². The minimum absolute atomic E-state index is 0.206. The summed E-state index contributed by atoms with van der Waals surface area (Å²) in [7, 11) is 0. The van der Waals surface area contributed by atoms with Crippen molar-refractivity contribution in [2.24, 2.45) is 5.92 Å². The van der Waals surface area contributed by atoms with Gasteiger partial charge in [0.2, 0.25) is 0 Å². The van der Waals surface area contributed by atoms with E-state index in [0.717, 1.165) is 19.3 Å². The second-order valence-corrected chi connectivity index (χ2v) is 20.7. The molecule has 1 nitrogen and oxygen atoms in total. The zero-order valence-electron chi connectivity index (χ0n) is 39.9. The number of allylic oxidation sites excluding steroid dienone is 4. The molecule has 2 aliphatic heterocycles. The Morgan fingerprint density at radius 1 is 0.406 bits per heavy atom. The largest absolute Gasteiger partial charge is 0.309 e. The summed E-state index contributed by atoms with van der Waals surface area (Å²) in [5.74, 6) is 0.492. The van der Waals surface area contributed by atoms with E-state index < -0.39 is 0 Å². The molecule has 9 aromatic carbocycles. The highest BCUT2D eigenvalue weighted by Crippen LogP contribution is 2.61. The lowest BCUT2D eigenvalue weighted by molar-refractivity contribution is 0.598. The number of anilines is 3. The van der Waals surface area contributed by atoms with Crippen LogP contribution in [0.2, 0.25) is 0 Å². The van der Waals surface area contributed by atoms with Crippen molar-refractivity contribution in [1.82, 2.24) is 0 Å². The van der Waals surface area contributed by atoms with Crippen molar-refractivity contribution in [2.75, 3.05) is 4.90 Å². The maximum Gasteiger partial charge on any atom is 0.0544 e. The first-order chi connectivity index (χ1) is 33.7. The summed E-state index contributed by atoms with van der Waals surface area (Å²) in [6, 6.07) is 73.3. The predicted molar refractivity (Wildman–Crippen MR) is 292 cm³/mol. The number of rotatable bonds is 6. The number of benzene rings is 9. The zero-order valence-corrected chi connectivity index (χ0v) is 39.9. The van der Waals surface area contributed by atoms with Gasteiger partial charge in [-0.05, 0) is 149 Å². The lowest BCUT2D eigenvalue weighted by Gasteiger charge is -2.49. The Balaban J connectivity index is 0.895. The van der Waals surface area contributed by atoms with Gasteiger partial charge >= 0.3 is 0 Å². The number of para-hydroxylation sites is 1. The molecular formula is C68H55N. The summed E-state index contributed by atoms with van der Waals surface area (Å²) >= 11 is 0. The normalized spacial score (nSPS) is 17.0. The third kappa shape index (κ3) is 6.58. The van der Waals surface area contributed by atoms with Crippen LogP contribution in [0.5, 0.6) is 0 Å². The first kappa shape index (κ1) is 41.4. The number of hydrogen-bond acceptors (Lipinski definition) is 1. The van der Waals surface area contributed by atoms with Gasteiger partial charge in [0.15, 0.2) is 0 Å². The molecule has 0 aromatic heterocycles. The first-order valence-corrected chi connectivity index (χ1v) is 24.9. The van der Waals surface area contributed by atoms with Gasteiger partial charge in [-0.25, -0.2) is 0 Å². The molecule has 0 saturated carbocycles. The molecule has 1 heteroatoms. The lowest BCUT2D eigenvalue weighted by Crippen LogP contribution is -2.38. The number of nitrogens with zero attached hydrogens (tertiary/aromatic N) is 1. The summed E-state index contributed by atoms with van der Waals surface area (Å²) in [6.07, 6.45) is 12.4. The summed E-state index contributed by atoms with van der Waals surface area (Å²) in [5.41, 5.74) is 23.2. The molecule has 0 fully saturated rings. The van der Waals surface area contributed by atoms with Gasteiger partial charge in [0.1, 0.15) is 0 Å². The van der Waals surface area contributed by atoms with Gasteiger partial charge < -0.3 is 4.90 Å². The molecule has 0 radical (unpaired) electrons. The fourth-order valence-electron chi connectivity index (χ4n) is 12.5. The molecule has 0 saturated heterocycles. The van der Waals surface area contributed by atoms with E-state index in [1.54, 1.807) is 5.57 Å². The molecule has 332 valence electrons. The number of hydrogen-bond donors (Lipinski definition) is 0. The lowest BCUT2D eigenvalue weighted by atomic mass is 9.65. The average molecular weight is 886 g/mol. The molecule has 0 N–H and O–H groups in total. The quantitative estimate of drug-likeness (QED) is 0.161. The van der Waals surface area contributed by atoms with Crippen molar-refractivity contribution < 1.29 is 0 Å². The Morgan fingerprint density at radius 2 is 0.942 bits per heavy atom. The van der Waals surface area contributed by atoms with Crippen LogP contribution in [-0.2, 0) is 10.8 Å². The van der Waals surface area contributed by atoms with Crippen LogP contribution in [0.3, 0.4) is 0 Å². The van der Waals surface area contributed by atoms with Crippen molar-refractivity contribution in [2.45, 2.75) is 57.8 Å². The monoisotopic (exact) mass is 885 g/mol. The van der Waals surface area contributed by atoms with Gasteiger partial charge in [0.25, 0.3) is 0 Å². The molecule has 9 aromatic rings. The van der Waals surface area contributed by atoms with E-state index in [-0.39, 0.29) is 10.8 Å². The maximum absolute atomic E-state index is 2.58. The topological polar surface area (TPSA) is 3.24 Å². The molecule has 1 unspecified atom stereocenters. The van der Waals surface area contributed by atoms with Gasteiger partial charge in [0, 0.05) is 16.7 Å². The van der Waals surface area contributed by atoms with Crippen molar-refractivity contribution >= 4 is 39.0 Å². The van der Waals surface area contributed by atoms with Crippen LogP contribution in [0.25, 0.3) is 66.4 Å². The van der Waals surface area contributed by atoms with Crippen molar-refractivity contribution in [3.05, 3.63) is 257 Å². The van der Waals surface area contributed by atoms with E-state index >= 15 is 0 Å². The minimum atomic E-state index is -0.275. The molecule has 0 bridgehead atoms. The van der Waals surface area contributed by atoms with Crippen LogP contribution in [-0.4, -0.2) is 0 Å². The Kier molecular flexibility index (Phi) is 9.57. The molecular weight excluding hydrogens is 831 g/mol. The summed E-state index contributed by atoms with van der Waals surface area (Å²) in [4.78, 5) is 2.58. The summed E-state index contributed by atoms with van der Waals surface area (Å²) in [6.45, 7) is 9.71. The van der Waals surface area contributed by atoms with Crippen molar-refractivity contribution in [1.29, 1.82) is 0 Å². The molecule has 0 spiro atoms. The van der Waals surface area contributed by atoms with E-state index in [1.165, 1.54) is 116 Å². The van der Waals surface area contributed by atoms with Gasteiger partial charge in [-0.3, -0.25) is 0 Å². The van der Waals surface area contributed by atoms with Crippen molar-refractivity contribution in [3.8, 4) is 44.5 Å². The SMILES string of the molecule is CC1(C)c2ccccc2N2c3ccc(-c4ccc(C5=c6ccccc6=C(C6C=CC=CC6)CC5)cc4)cc3C(C)(C)c3cc(-c4ccc(-c5ccc(-c6ccccc6)c6ccccc56)cc4)cc1c32. The summed E-state index contributed by atoms with van der Waals surface area (Å²) in [5, 5.41) is 5.37. The summed E-state index contributed by atoms with van der Waals surface area (Å²) < 4.78 is 0. The van der Waals surface area contributed by atoms with Crippen LogP contribution in [0.4, 0.5) is 17.1 Å². The molecule has 2 aliphatic carbocycles. The zero-order chi connectivity index (χ0) is 46.4. The Hall–Kier alpha value is -7.74. The molecule has 0 amide bonds. The molecule has 13 rings (SSSR count). The first-order valence-electron chi connectivity index (χ1n) is 24.9. The smallest absolute Gasteiger partial charge is 0.0544 e. The predicted octanol–water partition coefficient (Wildman–Crippen LogP) is 16.5. The molecule has 1 atom stereocenters. The average Bonchev–Trinajstić information content (AvgIpc) is 3.40. The van der Waals surface area contributed by atoms with E-state index in [1.807, 2.05) is 0 Å². The van der Waals surface area contributed by atoms with Gasteiger partial charge in [-0.1, -0.05) is 221 Å². The fraction of sp³-hybridized carbons (Fsp3) is 0.147. The molecule has 2 heterocycles. The highest BCUT2D eigenvalue weighted by atomic mass is 15.2. The fourth-order valence-corrected chi connectivity index (χ4v) is 12.5. The van der Waals surface area contributed by atoms with E-state index in [0.29, 0.717) is 5.92 Å². The second kappa shape index (κ2) is 15.9. The maximum atomic E-state index is 2.58. The molecule has 69 heavy (non-hydrogen) atoms. The third-order valence-corrected chi connectivity index (χ3v) is 16.2. The minimum Gasteiger partial charge on any atom is -0.309 e. The second-order valence-electron chi connectivity index (χ2n) is 20.7. The molecule has 4 aliphatic rings. The van der Waals surface area contributed by atoms with Crippen molar-refractivity contribution in [3.63, 3.8) is 0 Å². The Morgan fingerprint density at radius 3 is 1.64 bits per heavy atom.